The van der Waals surface area contributed by atoms with E-state index in [1.165, 1.54) is 0 Å². The molecule has 2 aromatic carbocycles. The number of carbonyl (C=O) groups is 2. The minimum Gasteiger partial charge on any atom is -0.497 e. The van der Waals surface area contributed by atoms with E-state index in [-0.39, 0.29) is 30.6 Å². The smallest absolute Gasteiger partial charge is 0.229 e. The van der Waals surface area contributed by atoms with Gasteiger partial charge in [-0.15, -0.1) is 12.4 Å². The van der Waals surface area contributed by atoms with Crippen LogP contribution in [0.5, 0.6) is 11.5 Å². The van der Waals surface area contributed by atoms with Gasteiger partial charge in [-0.2, -0.15) is 0 Å². The Morgan fingerprint density at radius 2 is 1.74 bits per heavy atom. The summed E-state index contributed by atoms with van der Waals surface area (Å²) < 4.78 is 10.3. The molecule has 1 unspecified atom stereocenters. The summed E-state index contributed by atoms with van der Waals surface area (Å²) in [4.78, 5) is 26.5. The van der Waals surface area contributed by atoms with Crippen LogP contribution in [-0.4, -0.2) is 32.6 Å². The second-order valence-corrected chi connectivity index (χ2v) is 6.05. The zero-order chi connectivity index (χ0) is 18.7. The van der Waals surface area contributed by atoms with E-state index in [1.54, 1.807) is 61.6 Å². The number of nitrogens with one attached hydrogen (secondary N) is 1. The molecule has 0 aromatic heterocycles. The van der Waals surface area contributed by atoms with Crippen molar-refractivity contribution >= 4 is 41.3 Å². The average Bonchev–Trinajstić information content (AvgIpc) is 3.05. The van der Waals surface area contributed by atoms with Gasteiger partial charge in [0.05, 0.1) is 31.5 Å². The minimum atomic E-state index is -0.449. The Kier molecular flexibility index (Phi) is 6.52. The van der Waals surface area contributed by atoms with E-state index in [1.807, 2.05) is 0 Å². The molecule has 3 N–H and O–H groups in total. The van der Waals surface area contributed by atoms with E-state index in [9.17, 15) is 9.59 Å². The largest absolute Gasteiger partial charge is 0.497 e. The Hall–Kier alpha value is -2.93. The molecule has 1 fully saturated rings. The molecule has 7 nitrogen and oxygen atoms in total. The Morgan fingerprint density at radius 1 is 1.11 bits per heavy atom. The van der Waals surface area contributed by atoms with Crippen LogP contribution in [0.15, 0.2) is 42.5 Å². The summed E-state index contributed by atoms with van der Waals surface area (Å²) in [5.74, 6) is 0.526. The lowest BCUT2D eigenvalue weighted by atomic mass is 10.1. The highest BCUT2D eigenvalue weighted by Crippen LogP contribution is 2.29. The van der Waals surface area contributed by atoms with Crippen molar-refractivity contribution in [3.05, 3.63) is 42.5 Å². The molecule has 8 heteroatoms. The molecule has 3 rings (SSSR count). The van der Waals surface area contributed by atoms with Crippen LogP contribution in [-0.2, 0) is 9.59 Å². The zero-order valence-corrected chi connectivity index (χ0v) is 15.9. The number of carbonyl (C=O) groups excluding carboxylic acids is 2. The number of hydrogen-bond acceptors (Lipinski definition) is 5. The van der Waals surface area contributed by atoms with Crippen LogP contribution in [0.2, 0.25) is 0 Å². The summed E-state index contributed by atoms with van der Waals surface area (Å²) in [5.41, 5.74) is 7.56. The molecule has 2 amide bonds. The van der Waals surface area contributed by atoms with Gasteiger partial charge in [0.15, 0.2) is 0 Å². The quantitative estimate of drug-likeness (QED) is 0.764. The van der Waals surface area contributed by atoms with Gasteiger partial charge < -0.3 is 25.4 Å². The third-order valence-electron chi connectivity index (χ3n) is 4.40. The van der Waals surface area contributed by atoms with Gasteiger partial charge in [-0.1, -0.05) is 0 Å². The molecule has 1 heterocycles. The van der Waals surface area contributed by atoms with Crippen molar-refractivity contribution in [3.63, 3.8) is 0 Å². The molecule has 1 aliphatic heterocycles. The Bertz CT molecular complexity index is 826. The highest BCUT2D eigenvalue weighted by atomic mass is 35.5. The number of ether oxygens (including phenoxy) is 2. The van der Waals surface area contributed by atoms with Gasteiger partial charge in [-0.3, -0.25) is 9.59 Å². The van der Waals surface area contributed by atoms with Crippen LogP contribution in [0.4, 0.5) is 17.1 Å². The van der Waals surface area contributed by atoms with Crippen LogP contribution in [0.3, 0.4) is 0 Å². The number of halogens is 1. The van der Waals surface area contributed by atoms with Crippen molar-refractivity contribution in [2.24, 2.45) is 5.92 Å². The maximum Gasteiger partial charge on any atom is 0.229 e. The van der Waals surface area contributed by atoms with Gasteiger partial charge in [0.2, 0.25) is 11.8 Å². The summed E-state index contributed by atoms with van der Waals surface area (Å²) in [7, 11) is 3.13. The fraction of sp³-hybridized carbons (Fsp3) is 0.263. The molecule has 0 saturated carbocycles. The van der Waals surface area contributed by atoms with Crippen molar-refractivity contribution in [1.29, 1.82) is 0 Å². The molecule has 0 bridgehead atoms. The fourth-order valence-corrected chi connectivity index (χ4v) is 2.90. The van der Waals surface area contributed by atoms with Crippen LogP contribution in [0.1, 0.15) is 6.42 Å². The topological polar surface area (TPSA) is 93.9 Å². The zero-order valence-electron chi connectivity index (χ0n) is 15.1. The minimum absolute atomic E-state index is 0. The Labute approximate surface area is 163 Å². The highest BCUT2D eigenvalue weighted by Gasteiger charge is 2.35. The molecule has 0 spiro atoms. The van der Waals surface area contributed by atoms with E-state index in [0.29, 0.717) is 29.4 Å². The van der Waals surface area contributed by atoms with Gasteiger partial charge in [-0.05, 0) is 36.4 Å². The van der Waals surface area contributed by atoms with Gasteiger partial charge in [-0.25, -0.2) is 0 Å². The van der Waals surface area contributed by atoms with Crippen molar-refractivity contribution < 1.29 is 19.1 Å². The summed E-state index contributed by atoms with van der Waals surface area (Å²) in [6.07, 6.45) is 0.154. The number of amides is 2. The summed E-state index contributed by atoms with van der Waals surface area (Å²) >= 11 is 0. The van der Waals surface area contributed by atoms with Gasteiger partial charge >= 0.3 is 0 Å². The molecular formula is C19H22ClN3O4. The molecule has 2 aromatic rings. The number of nitrogens with two attached hydrogens (primary N) is 1. The second-order valence-electron chi connectivity index (χ2n) is 6.05. The number of nitrogen functional groups attached to an aromatic ring is 1. The summed E-state index contributed by atoms with van der Waals surface area (Å²) in [6.45, 7) is 0.320. The van der Waals surface area contributed by atoms with E-state index < -0.39 is 5.92 Å². The van der Waals surface area contributed by atoms with Crippen LogP contribution in [0, 0.1) is 5.92 Å². The maximum atomic E-state index is 12.6. The molecule has 1 aliphatic rings. The molecule has 0 aliphatic carbocycles. The number of rotatable bonds is 5. The first kappa shape index (κ1) is 20.4. The van der Waals surface area contributed by atoms with Crippen molar-refractivity contribution in [2.45, 2.75) is 6.42 Å². The number of methoxy groups -OCH3 is 2. The van der Waals surface area contributed by atoms with E-state index >= 15 is 0 Å². The monoisotopic (exact) mass is 391 g/mol. The number of nitrogens with zero attached hydrogens (tertiary/aromatic N) is 1. The molecular weight excluding hydrogens is 370 g/mol. The fourth-order valence-electron chi connectivity index (χ4n) is 2.90. The number of anilines is 3. The molecule has 144 valence electrons. The first-order valence-corrected chi connectivity index (χ1v) is 8.20. The lowest BCUT2D eigenvalue weighted by Gasteiger charge is -2.17. The van der Waals surface area contributed by atoms with Crippen LogP contribution >= 0.6 is 12.4 Å². The molecule has 27 heavy (non-hydrogen) atoms. The first-order chi connectivity index (χ1) is 12.5. The highest BCUT2D eigenvalue weighted by molar-refractivity contribution is 6.04. The number of hydrogen-bond donors (Lipinski definition) is 2. The van der Waals surface area contributed by atoms with E-state index in [2.05, 4.69) is 5.32 Å². The molecule has 1 atom stereocenters. The van der Waals surface area contributed by atoms with Crippen molar-refractivity contribution in [1.82, 2.24) is 0 Å². The van der Waals surface area contributed by atoms with E-state index in [0.717, 1.165) is 5.69 Å². The summed E-state index contributed by atoms with van der Waals surface area (Å²) in [5, 5.41) is 2.79. The predicted octanol–water partition coefficient (Wildman–Crippen LogP) is 2.70. The lowest BCUT2D eigenvalue weighted by molar-refractivity contribution is -0.122. The van der Waals surface area contributed by atoms with Gasteiger partial charge in [0.1, 0.15) is 11.5 Å². The van der Waals surface area contributed by atoms with Crippen LogP contribution in [0.25, 0.3) is 0 Å². The van der Waals surface area contributed by atoms with Gasteiger partial charge in [0, 0.05) is 24.7 Å². The van der Waals surface area contributed by atoms with Crippen molar-refractivity contribution in [3.8, 4) is 11.5 Å². The lowest BCUT2D eigenvalue weighted by Crippen LogP contribution is -2.28. The Morgan fingerprint density at radius 3 is 2.37 bits per heavy atom. The van der Waals surface area contributed by atoms with E-state index in [4.69, 9.17) is 15.2 Å². The number of benzene rings is 2. The maximum absolute atomic E-state index is 12.6. The predicted molar refractivity (Wildman–Crippen MR) is 107 cm³/mol. The first-order valence-electron chi connectivity index (χ1n) is 8.20. The third-order valence-corrected chi connectivity index (χ3v) is 4.40. The van der Waals surface area contributed by atoms with Gasteiger partial charge in [0.25, 0.3) is 0 Å². The Balaban J connectivity index is 0.00000261. The SMILES string of the molecule is COc1ccc(N2CC(C(=O)Nc3cc(OC)ccc3N)CC2=O)cc1.Cl. The van der Waals surface area contributed by atoms with Crippen molar-refractivity contribution in [2.75, 3.05) is 36.7 Å². The van der Waals surface area contributed by atoms with Crippen LogP contribution < -0.4 is 25.4 Å². The molecule has 1 saturated heterocycles. The standard InChI is InChI=1S/C19H21N3O4.ClH/c1-25-14-5-3-13(4-6-14)22-11-12(9-18(22)23)19(24)21-17-10-15(26-2)7-8-16(17)20;/h3-8,10,12H,9,11,20H2,1-2H3,(H,21,24);1H. The summed E-state index contributed by atoms with van der Waals surface area (Å²) in [6, 6.07) is 12.2. The average molecular weight is 392 g/mol. The molecule has 0 radical (unpaired) electrons. The normalized spacial score (nSPS) is 15.9. The third kappa shape index (κ3) is 4.43. The second kappa shape index (κ2) is 8.64.